The van der Waals surface area contributed by atoms with Gasteiger partial charge in [0.15, 0.2) is 0 Å². The predicted octanol–water partition coefficient (Wildman–Crippen LogP) is 4.38. The molecule has 0 atom stereocenters. The number of benzene rings is 1. The second kappa shape index (κ2) is 5.46. The lowest BCUT2D eigenvalue weighted by molar-refractivity contribution is -0.145. The van der Waals surface area contributed by atoms with Crippen molar-refractivity contribution in [1.82, 2.24) is 0 Å². The third-order valence-corrected chi connectivity index (χ3v) is 4.11. The molecule has 2 nitrogen and oxygen atoms in total. The van der Waals surface area contributed by atoms with Crippen molar-refractivity contribution in [3.8, 4) is 0 Å². The molecule has 0 bridgehead atoms. The molecule has 1 fully saturated rings. The van der Waals surface area contributed by atoms with Crippen LogP contribution in [0.4, 0.5) is 13.2 Å². The summed E-state index contributed by atoms with van der Waals surface area (Å²) in [5.41, 5.74) is -1.67. The minimum Gasteiger partial charge on any atom is -0.481 e. The zero-order valence-electron chi connectivity index (χ0n) is 11.0. The number of carboxylic acids is 1. The summed E-state index contributed by atoms with van der Waals surface area (Å²) in [6, 6.07) is 4.79. The van der Waals surface area contributed by atoms with E-state index < -0.39 is 23.1 Å². The molecule has 0 saturated heterocycles. The number of carboxylic acid groups (broad SMARTS) is 1. The number of hydrogen-bond acceptors (Lipinski definition) is 1. The van der Waals surface area contributed by atoms with Gasteiger partial charge in [-0.25, -0.2) is 0 Å². The number of hydrogen-bond donors (Lipinski definition) is 1. The van der Waals surface area contributed by atoms with Crippen molar-refractivity contribution in [2.75, 3.05) is 0 Å². The lowest BCUT2D eigenvalue weighted by Gasteiger charge is -2.29. The number of halogens is 3. The molecule has 0 unspecified atom stereocenters. The fraction of sp³-hybridized carbons (Fsp3) is 0.533. The van der Waals surface area contributed by atoms with Crippen molar-refractivity contribution < 1.29 is 23.1 Å². The Morgan fingerprint density at radius 1 is 1.10 bits per heavy atom. The maximum absolute atomic E-state index is 12.8. The average molecular weight is 286 g/mol. The van der Waals surface area contributed by atoms with Crippen molar-refractivity contribution in [1.29, 1.82) is 0 Å². The van der Waals surface area contributed by atoms with E-state index in [0.717, 1.165) is 37.8 Å². The lowest BCUT2D eigenvalue weighted by Crippen LogP contribution is -2.35. The number of alkyl halides is 3. The van der Waals surface area contributed by atoms with Crippen molar-refractivity contribution in [3.63, 3.8) is 0 Å². The molecule has 2 rings (SSSR count). The smallest absolute Gasteiger partial charge is 0.416 e. The summed E-state index contributed by atoms with van der Waals surface area (Å²) in [6.07, 6.45) is -0.277. The molecule has 1 aromatic rings. The Hall–Kier alpha value is -1.52. The van der Waals surface area contributed by atoms with Gasteiger partial charge < -0.3 is 5.11 Å². The molecule has 5 heteroatoms. The van der Waals surface area contributed by atoms with E-state index in [1.54, 1.807) is 0 Å². The normalized spacial score (nSPS) is 19.4. The Labute approximate surface area is 115 Å². The van der Waals surface area contributed by atoms with Gasteiger partial charge >= 0.3 is 12.1 Å². The molecule has 0 radical (unpaired) electrons. The molecule has 110 valence electrons. The van der Waals surface area contributed by atoms with Crippen LogP contribution in [0.5, 0.6) is 0 Å². The molecule has 0 spiro atoms. The first kappa shape index (κ1) is 14.9. The molecule has 0 amide bonds. The first-order valence-corrected chi connectivity index (χ1v) is 6.77. The summed E-state index contributed by atoms with van der Waals surface area (Å²) in [5, 5.41) is 9.58. The Morgan fingerprint density at radius 2 is 1.70 bits per heavy atom. The minimum atomic E-state index is -4.44. The van der Waals surface area contributed by atoms with Crippen molar-refractivity contribution in [2.24, 2.45) is 0 Å². The first-order valence-electron chi connectivity index (χ1n) is 6.77. The third kappa shape index (κ3) is 2.81. The van der Waals surface area contributed by atoms with Gasteiger partial charge in [0.25, 0.3) is 0 Å². The molecule has 1 N–H and O–H groups in total. The lowest BCUT2D eigenvalue weighted by atomic mass is 9.74. The van der Waals surface area contributed by atoms with Crippen LogP contribution in [0.1, 0.15) is 49.7 Å². The Kier molecular flexibility index (Phi) is 4.06. The van der Waals surface area contributed by atoms with Crippen molar-refractivity contribution in [2.45, 2.75) is 50.1 Å². The Bertz CT molecular complexity index is 486. The van der Waals surface area contributed by atoms with Gasteiger partial charge in [0.1, 0.15) is 0 Å². The van der Waals surface area contributed by atoms with Crippen LogP contribution in [0, 0.1) is 0 Å². The predicted molar refractivity (Wildman–Crippen MR) is 68.5 cm³/mol. The number of aliphatic carboxylic acids is 1. The first-order chi connectivity index (χ1) is 9.36. The molecule has 1 aliphatic carbocycles. The van der Waals surface area contributed by atoms with E-state index in [2.05, 4.69) is 0 Å². The quantitative estimate of drug-likeness (QED) is 0.819. The number of rotatable bonds is 2. The van der Waals surface area contributed by atoms with Crippen LogP contribution in [-0.2, 0) is 16.4 Å². The highest BCUT2D eigenvalue weighted by Gasteiger charge is 2.41. The van der Waals surface area contributed by atoms with E-state index in [1.165, 1.54) is 12.1 Å². The van der Waals surface area contributed by atoms with E-state index in [1.807, 2.05) is 0 Å². The summed E-state index contributed by atoms with van der Waals surface area (Å²) in [4.78, 5) is 11.7. The molecule has 0 heterocycles. The molecule has 0 aliphatic heterocycles. The van der Waals surface area contributed by atoms with Gasteiger partial charge in [-0.05, 0) is 24.5 Å². The van der Waals surface area contributed by atoms with E-state index in [4.69, 9.17) is 0 Å². The van der Waals surface area contributed by atoms with Gasteiger partial charge in [0.05, 0.1) is 11.0 Å². The zero-order valence-corrected chi connectivity index (χ0v) is 11.0. The van der Waals surface area contributed by atoms with Crippen LogP contribution in [-0.4, -0.2) is 11.1 Å². The maximum atomic E-state index is 12.8. The second-order valence-electron chi connectivity index (χ2n) is 5.38. The maximum Gasteiger partial charge on any atom is 0.416 e. The van der Waals surface area contributed by atoms with Gasteiger partial charge in [-0.2, -0.15) is 13.2 Å². The SMILES string of the molecule is O=C(O)C1(c2cccc(C(F)(F)F)c2)CCCCCC1. The fourth-order valence-electron chi connectivity index (χ4n) is 2.95. The summed E-state index contributed by atoms with van der Waals surface area (Å²) < 4.78 is 38.4. The summed E-state index contributed by atoms with van der Waals surface area (Å²) >= 11 is 0. The highest BCUT2D eigenvalue weighted by Crippen LogP contribution is 2.40. The standard InChI is InChI=1S/C15H17F3O2/c16-15(17,18)12-7-5-6-11(10-12)14(13(19)20)8-3-1-2-4-9-14/h5-7,10H,1-4,8-9H2,(H,19,20). The highest BCUT2D eigenvalue weighted by atomic mass is 19.4. The fourth-order valence-corrected chi connectivity index (χ4v) is 2.95. The van der Waals surface area contributed by atoms with Crippen LogP contribution >= 0.6 is 0 Å². The van der Waals surface area contributed by atoms with Crippen molar-refractivity contribution in [3.05, 3.63) is 35.4 Å². The molecule has 0 aromatic heterocycles. The molecule has 1 saturated carbocycles. The summed E-state index contributed by atoms with van der Waals surface area (Å²) in [7, 11) is 0. The van der Waals surface area contributed by atoms with Gasteiger partial charge in [-0.1, -0.05) is 43.9 Å². The Balaban J connectivity index is 2.47. The second-order valence-corrected chi connectivity index (χ2v) is 5.38. The monoisotopic (exact) mass is 286 g/mol. The topological polar surface area (TPSA) is 37.3 Å². The third-order valence-electron chi connectivity index (χ3n) is 4.11. The van der Waals surface area contributed by atoms with Gasteiger partial charge in [-0.15, -0.1) is 0 Å². The minimum absolute atomic E-state index is 0.279. The molecular formula is C15H17F3O2. The molecule has 1 aromatic carbocycles. The van der Waals surface area contributed by atoms with E-state index in [-0.39, 0.29) is 5.56 Å². The van der Waals surface area contributed by atoms with Gasteiger partial charge in [-0.3, -0.25) is 4.79 Å². The molecule has 1 aliphatic rings. The van der Waals surface area contributed by atoms with E-state index in [9.17, 15) is 23.1 Å². The summed E-state index contributed by atoms with van der Waals surface area (Å²) in [6.45, 7) is 0. The van der Waals surface area contributed by atoms with Gasteiger partial charge in [0, 0.05) is 0 Å². The largest absolute Gasteiger partial charge is 0.481 e. The Morgan fingerprint density at radius 3 is 2.20 bits per heavy atom. The molecule has 20 heavy (non-hydrogen) atoms. The van der Waals surface area contributed by atoms with Crippen LogP contribution in [0.25, 0.3) is 0 Å². The molecular weight excluding hydrogens is 269 g/mol. The van der Waals surface area contributed by atoms with Crippen molar-refractivity contribution >= 4 is 5.97 Å². The number of carbonyl (C=O) groups is 1. The summed E-state index contributed by atoms with van der Waals surface area (Å²) in [5.74, 6) is -1.02. The van der Waals surface area contributed by atoms with Crippen LogP contribution in [0.3, 0.4) is 0 Å². The van der Waals surface area contributed by atoms with Gasteiger partial charge in [0.2, 0.25) is 0 Å². The van der Waals surface area contributed by atoms with E-state index in [0.29, 0.717) is 12.8 Å². The van der Waals surface area contributed by atoms with Crippen LogP contribution < -0.4 is 0 Å². The average Bonchev–Trinajstić information content (AvgIpc) is 2.64. The highest BCUT2D eigenvalue weighted by molar-refractivity contribution is 5.81. The van der Waals surface area contributed by atoms with E-state index >= 15 is 0 Å². The van der Waals surface area contributed by atoms with Crippen LogP contribution in [0.15, 0.2) is 24.3 Å². The zero-order chi connectivity index (χ0) is 14.8. The van der Waals surface area contributed by atoms with Crippen LogP contribution in [0.2, 0.25) is 0 Å².